The molecular formula is C28H31N2O3+. The Morgan fingerprint density at radius 2 is 1.82 bits per heavy atom. The van der Waals surface area contributed by atoms with E-state index >= 15 is 0 Å². The molecule has 5 nitrogen and oxygen atoms in total. The number of fused-ring (bicyclic) bond motifs is 3. The lowest BCUT2D eigenvalue weighted by Crippen LogP contribution is -2.60. The standard InChI is InChI=1S/C28H31N2O3/c1-30(17-7-10-21-9-6-16-29-19-21)18-8-15-26(30)27(33-20-31)28(32)24-13-4-2-11-22(24)23-12-3-5-14-25(23)28/h2-6,9,11-14,16,19-20,26-27,32H,7-8,10,15,17-18H2,1H3/q+1. The van der Waals surface area contributed by atoms with Gasteiger partial charge in [0.15, 0.2) is 11.7 Å². The molecule has 1 fully saturated rings. The second-order valence-electron chi connectivity index (χ2n) is 9.61. The summed E-state index contributed by atoms with van der Waals surface area (Å²) in [6, 6.07) is 20.0. The average molecular weight is 444 g/mol. The van der Waals surface area contributed by atoms with E-state index in [1.54, 1.807) is 6.20 Å². The molecule has 0 radical (unpaired) electrons. The molecule has 3 atom stereocenters. The topological polar surface area (TPSA) is 59.4 Å². The van der Waals surface area contributed by atoms with E-state index in [0.717, 1.165) is 65.5 Å². The van der Waals surface area contributed by atoms with E-state index in [1.165, 1.54) is 5.56 Å². The molecule has 1 aliphatic carbocycles. The number of pyridine rings is 1. The molecule has 2 heterocycles. The number of benzene rings is 2. The summed E-state index contributed by atoms with van der Waals surface area (Å²) in [5.41, 5.74) is 3.54. The summed E-state index contributed by atoms with van der Waals surface area (Å²) in [6.45, 7) is 2.48. The van der Waals surface area contributed by atoms with Crippen LogP contribution in [0.1, 0.15) is 36.0 Å². The van der Waals surface area contributed by atoms with Gasteiger partial charge in [0.25, 0.3) is 6.47 Å². The van der Waals surface area contributed by atoms with Crippen LogP contribution in [-0.4, -0.2) is 53.3 Å². The zero-order valence-corrected chi connectivity index (χ0v) is 19.1. The first kappa shape index (κ1) is 21.8. The van der Waals surface area contributed by atoms with Crippen molar-refractivity contribution in [2.75, 3.05) is 20.1 Å². The van der Waals surface area contributed by atoms with Crippen LogP contribution in [0.25, 0.3) is 11.1 Å². The van der Waals surface area contributed by atoms with Crippen molar-refractivity contribution >= 4 is 6.47 Å². The van der Waals surface area contributed by atoms with E-state index < -0.39 is 11.7 Å². The van der Waals surface area contributed by atoms with E-state index in [1.807, 2.05) is 60.8 Å². The number of likely N-dealkylation sites (N-methyl/N-ethyl adjacent to an activating group) is 1. The smallest absolute Gasteiger partial charge is 0.293 e. The summed E-state index contributed by atoms with van der Waals surface area (Å²) in [4.78, 5) is 16.0. The molecule has 5 rings (SSSR count). The molecule has 0 saturated carbocycles. The second kappa shape index (κ2) is 8.73. The largest absolute Gasteiger partial charge is 0.454 e. The molecule has 1 saturated heterocycles. The Labute approximate surface area is 195 Å². The predicted octanol–water partition coefficient (Wildman–Crippen LogP) is 4.08. The van der Waals surface area contributed by atoms with E-state index in [2.05, 4.69) is 18.1 Å². The van der Waals surface area contributed by atoms with E-state index in [0.29, 0.717) is 6.47 Å². The summed E-state index contributed by atoms with van der Waals surface area (Å²) in [6.07, 6.45) is 7.00. The minimum atomic E-state index is -1.37. The van der Waals surface area contributed by atoms with Crippen molar-refractivity contribution in [3.63, 3.8) is 0 Å². The monoisotopic (exact) mass is 443 g/mol. The van der Waals surface area contributed by atoms with Crippen molar-refractivity contribution in [3.8, 4) is 11.1 Å². The zero-order chi connectivity index (χ0) is 22.9. The highest BCUT2D eigenvalue weighted by Crippen LogP contribution is 2.52. The highest BCUT2D eigenvalue weighted by molar-refractivity contribution is 5.80. The van der Waals surface area contributed by atoms with Crippen LogP contribution in [-0.2, 0) is 21.6 Å². The first-order chi connectivity index (χ1) is 16.1. The number of nitrogens with zero attached hydrogens (tertiary/aromatic N) is 2. The summed E-state index contributed by atoms with van der Waals surface area (Å²) in [5.74, 6) is 0. The van der Waals surface area contributed by atoms with Crippen LogP contribution >= 0.6 is 0 Å². The van der Waals surface area contributed by atoms with Crippen molar-refractivity contribution in [1.29, 1.82) is 0 Å². The molecule has 1 aliphatic heterocycles. The molecule has 2 aromatic carbocycles. The number of carbonyl (C=O) groups is 1. The molecule has 0 amide bonds. The zero-order valence-electron chi connectivity index (χ0n) is 19.1. The Balaban J connectivity index is 1.48. The predicted molar refractivity (Wildman–Crippen MR) is 127 cm³/mol. The molecule has 170 valence electrons. The molecule has 3 aromatic rings. The Kier molecular flexibility index (Phi) is 5.77. The number of aliphatic hydroxyl groups is 1. The number of aryl methyl sites for hydroxylation is 1. The van der Waals surface area contributed by atoms with Gasteiger partial charge in [-0.1, -0.05) is 54.6 Å². The van der Waals surface area contributed by atoms with Gasteiger partial charge >= 0.3 is 0 Å². The fraction of sp³-hybridized carbons (Fsp3) is 0.357. The number of quaternary nitrogens is 1. The number of likely N-dealkylation sites (tertiary alicyclic amines) is 1. The van der Waals surface area contributed by atoms with Crippen molar-refractivity contribution in [1.82, 2.24) is 4.98 Å². The lowest BCUT2D eigenvalue weighted by atomic mass is 9.81. The first-order valence-electron chi connectivity index (χ1n) is 11.8. The number of hydrogen-bond donors (Lipinski definition) is 1. The maximum absolute atomic E-state index is 12.4. The first-order valence-corrected chi connectivity index (χ1v) is 11.8. The van der Waals surface area contributed by atoms with E-state index in [4.69, 9.17) is 4.74 Å². The van der Waals surface area contributed by atoms with Crippen LogP contribution in [0.5, 0.6) is 0 Å². The van der Waals surface area contributed by atoms with Gasteiger partial charge in [-0.3, -0.25) is 9.78 Å². The van der Waals surface area contributed by atoms with Crippen LogP contribution in [0.15, 0.2) is 73.1 Å². The number of aromatic nitrogens is 1. The summed E-state index contributed by atoms with van der Waals surface area (Å²) in [7, 11) is 2.25. The fourth-order valence-electron chi connectivity index (χ4n) is 6.17. The van der Waals surface area contributed by atoms with Crippen LogP contribution in [0.4, 0.5) is 0 Å². The average Bonchev–Trinajstić information content (AvgIpc) is 3.35. The Morgan fingerprint density at radius 3 is 2.45 bits per heavy atom. The third-order valence-corrected chi connectivity index (χ3v) is 7.76. The van der Waals surface area contributed by atoms with Gasteiger partial charge < -0.3 is 14.3 Å². The van der Waals surface area contributed by atoms with Gasteiger partial charge in [-0.05, 0) is 40.3 Å². The fourth-order valence-corrected chi connectivity index (χ4v) is 6.17. The van der Waals surface area contributed by atoms with Crippen LogP contribution in [0, 0.1) is 0 Å². The summed E-state index contributed by atoms with van der Waals surface area (Å²) >= 11 is 0. The lowest BCUT2D eigenvalue weighted by molar-refractivity contribution is -0.925. The third-order valence-electron chi connectivity index (χ3n) is 7.76. The summed E-state index contributed by atoms with van der Waals surface area (Å²) < 4.78 is 6.61. The Hall–Kier alpha value is -3.02. The maximum Gasteiger partial charge on any atom is 0.293 e. The minimum Gasteiger partial charge on any atom is -0.454 e. The Bertz CT molecular complexity index is 1090. The van der Waals surface area contributed by atoms with Gasteiger partial charge in [0, 0.05) is 31.7 Å². The highest BCUT2D eigenvalue weighted by Gasteiger charge is 2.57. The SMILES string of the molecule is C[N+]1(CCCc2cccnc2)CCCC1C(OC=O)C1(O)c2ccccc2-c2ccccc21. The molecule has 5 heteroatoms. The van der Waals surface area contributed by atoms with Crippen molar-refractivity contribution < 1.29 is 19.1 Å². The van der Waals surface area contributed by atoms with Gasteiger partial charge in [0.05, 0.1) is 20.1 Å². The molecule has 0 spiro atoms. The van der Waals surface area contributed by atoms with Gasteiger partial charge in [-0.25, -0.2) is 0 Å². The third kappa shape index (κ3) is 3.65. The molecule has 1 N–H and O–H groups in total. The quantitative estimate of drug-likeness (QED) is 0.421. The highest BCUT2D eigenvalue weighted by atomic mass is 16.5. The number of hydrogen-bond acceptors (Lipinski definition) is 4. The molecule has 0 bridgehead atoms. The molecule has 3 unspecified atom stereocenters. The number of ether oxygens (including phenoxy) is 1. The lowest BCUT2D eigenvalue weighted by Gasteiger charge is -2.44. The van der Waals surface area contributed by atoms with Gasteiger partial charge in [0.2, 0.25) is 0 Å². The second-order valence-corrected chi connectivity index (χ2v) is 9.61. The van der Waals surface area contributed by atoms with Gasteiger partial charge in [-0.15, -0.1) is 0 Å². The molecular weight excluding hydrogens is 412 g/mol. The van der Waals surface area contributed by atoms with Crippen LogP contribution in [0.2, 0.25) is 0 Å². The molecule has 1 aromatic heterocycles. The van der Waals surface area contributed by atoms with E-state index in [-0.39, 0.29) is 6.04 Å². The van der Waals surface area contributed by atoms with Crippen molar-refractivity contribution in [3.05, 3.63) is 89.7 Å². The summed E-state index contributed by atoms with van der Waals surface area (Å²) in [5, 5.41) is 12.4. The van der Waals surface area contributed by atoms with E-state index in [9.17, 15) is 9.90 Å². The van der Waals surface area contributed by atoms with Crippen LogP contribution in [0.3, 0.4) is 0 Å². The number of carbonyl (C=O) groups excluding carboxylic acids is 1. The van der Waals surface area contributed by atoms with Crippen LogP contribution < -0.4 is 0 Å². The van der Waals surface area contributed by atoms with Crippen molar-refractivity contribution in [2.45, 2.75) is 43.4 Å². The van der Waals surface area contributed by atoms with Gasteiger partial charge in [0.1, 0.15) is 6.04 Å². The Morgan fingerprint density at radius 1 is 1.12 bits per heavy atom. The number of rotatable bonds is 8. The van der Waals surface area contributed by atoms with Gasteiger partial charge in [-0.2, -0.15) is 0 Å². The molecule has 2 aliphatic rings. The molecule has 33 heavy (non-hydrogen) atoms. The van der Waals surface area contributed by atoms with Crippen molar-refractivity contribution in [2.24, 2.45) is 0 Å². The minimum absolute atomic E-state index is 0.00770. The normalized spacial score (nSPS) is 23.5. The maximum atomic E-state index is 12.4.